The van der Waals surface area contributed by atoms with Crippen LogP contribution < -0.4 is 0 Å². The topological polar surface area (TPSA) is 37.3 Å². The average molecular weight is 327 g/mol. The zero-order valence-electron chi connectivity index (χ0n) is 15.8. The van der Waals surface area contributed by atoms with Crippen LogP contribution in [0.2, 0.25) is 0 Å². The minimum absolute atomic E-state index is 0.00837. The second kappa shape index (κ2) is 19.7. The first-order chi connectivity index (χ1) is 11.3. The Morgan fingerprint density at radius 2 is 0.870 bits per heavy atom. The molecule has 0 aliphatic carbocycles. The van der Waals surface area contributed by atoms with Crippen molar-refractivity contribution in [2.24, 2.45) is 0 Å². The van der Waals surface area contributed by atoms with E-state index in [0.717, 1.165) is 12.8 Å². The average Bonchev–Trinajstić information content (AvgIpc) is 2.57. The maximum Gasteiger partial charge on any atom is 0.158 e. The Labute approximate surface area is 145 Å². The number of aliphatic hydroxyl groups excluding tert-OH is 1. The summed E-state index contributed by atoms with van der Waals surface area (Å²) < 4.78 is 0. The lowest BCUT2D eigenvalue weighted by Crippen LogP contribution is -2.02. The number of carbonyl (C=O) groups excluding carboxylic acids is 1. The summed E-state index contributed by atoms with van der Waals surface area (Å²) in [4.78, 5) is 10.9. The zero-order chi connectivity index (χ0) is 17.0. The third-order valence-electron chi connectivity index (χ3n) is 4.74. The van der Waals surface area contributed by atoms with E-state index in [1.807, 2.05) is 0 Å². The number of ketones is 1. The monoisotopic (exact) mass is 326 g/mol. The minimum atomic E-state index is -0.279. The molecule has 0 aliphatic heterocycles. The van der Waals surface area contributed by atoms with Gasteiger partial charge in [-0.3, -0.25) is 4.79 Å². The Bertz CT molecular complexity index is 238. The molecule has 0 bridgehead atoms. The molecule has 2 nitrogen and oxygen atoms in total. The summed E-state index contributed by atoms with van der Waals surface area (Å²) in [5.74, 6) is -0.00837. The van der Waals surface area contributed by atoms with Gasteiger partial charge in [0, 0.05) is 6.42 Å². The van der Waals surface area contributed by atoms with Gasteiger partial charge in [-0.15, -0.1) is 0 Å². The van der Waals surface area contributed by atoms with Gasteiger partial charge in [-0.05, 0) is 6.42 Å². The molecule has 0 rings (SSSR count). The molecule has 0 heterocycles. The Morgan fingerprint density at radius 1 is 0.565 bits per heavy atom. The van der Waals surface area contributed by atoms with Crippen molar-refractivity contribution in [2.75, 3.05) is 6.61 Å². The van der Waals surface area contributed by atoms with Crippen molar-refractivity contribution in [3.05, 3.63) is 0 Å². The van der Waals surface area contributed by atoms with Crippen LogP contribution in [-0.4, -0.2) is 17.5 Å². The molecule has 0 aromatic rings. The van der Waals surface area contributed by atoms with Gasteiger partial charge in [-0.2, -0.15) is 0 Å². The highest BCUT2D eigenvalue weighted by molar-refractivity contribution is 5.79. The lowest BCUT2D eigenvalue weighted by Gasteiger charge is -2.03. The molecule has 1 N–H and O–H groups in total. The Kier molecular flexibility index (Phi) is 19.4. The first kappa shape index (κ1) is 22.6. The van der Waals surface area contributed by atoms with Crippen LogP contribution in [0.15, 0.2) is 0 Å². The zero-order valence-corrected chi connectivity index (χ0v) is 15.8. The Balaban J connectivity index is 2.99. The smallest absolute Gasteiger partial charge is 0.158 e. The quantitative estimate of drug-likeness (QED) is 0.272. The second-order valence-corrected chi connectivity index (χ2v) is 7.10. The highest BCUT2D eigenvalue weighted by atomic mass is 16.3. The van der Waals surface area contributed by atoms with Crippen LogP contribution in [0.5, 0.6) is 0 Å². The molecule has 0 spiro atoms. The van der Waals surface area contributed by atoms with Crippen molar-refractivity contribution >= 4 is 5.78 Å². The summed E-state index contributed by atoms with van der Waals surface area (Å²) in [7, 11) is 0. The van der Waals surface area contributed by atoms with Crippen LogP contribution >= 0.6 is 0 Å². The van der Waals surface area contributed by atoms with E-state index in [0.29, 0.717) is 6.42 Å². The third kappa shape index (κ3) is 19.6. The summed E-state index contributed by atoms with van der Waals surface area (Å²) >= 11 is 0. The Hall–Kier alpha value is -0.370. The predicted octanol–water partition coefficient (Wildman–Crippen LogP) is 6.59. The molecule has 138 valence electrons. The van der Waals surface area contributed by atoms with E-state index in [-0.39, 0.29) is 12.4 Å². The molecule has 0 fully saturated rings. The van der Waals surface area contributed by atoms with Gasteiger partial charge in [-0.25, -0.2) is 0 Å². The summed E-state index contributed by atoms with van der Waals surface area (Å²) in [6.07, 6.45) is 23.6. The summed E-state index contributed by atoms with van der Waals surface area (Å²) in [6, 6.07) is 0. The number of Topliss-reactive ketones (excluding diaryl/α,β-unsaturated/α-hetero) is 1. The highest BCUT2D eigenvalue weighted by Gasteiger charge is 1.98. The van der Waals surface area contributed by atoms with Crippen molar-refractivity contribution in [1.82, 2.24) is 0 Å². The first-order valence-electron chi connectivity index (χ1n) is 10.4. The summed E-state index contributed by atoms with van der Waals surface area (Å²) in [6.45, 7) is 2.00. The van der Waals surface area contributed by atoms with E-state index in [9.17, 15) is 4.79 Å². The molecule has 23 heavy (non-hydrogen) atoms. The minimum Gasteiger partial charge on any atom is -0.389 e. The normalized spacial score (nSPS) is 11.0. The molecular weight excluding hydrogens is 284 g/mol. The third-order valence-corrected chi connectivity index (χ3v) is 4.74. The number of rotatable bonds is 19. The SMILES string of the molecule is CCCCCCCCCCCCCCCCCCCC(=O)CO. The van der Waals surface area contributed by atoms with Gasteiger partial charge in [0.25, 0.3) is 0 Å². The van der Waals surface area contributed by atoms with Crippen molar-refractivity contribution < 1.29 is 9.90 Å². The number of hydrogen-bond donors (Lipinski definition) is 1. The van der Waals surface area contributed by atoms with Crippen LogP contribution in [0.1, 0.15) is 122 Å². The van der Waals surface area contributed by atoms with E-state index < -0.39 is 0 Å². The number of aliphatic hydroxyl groups is 1. The molecule has 0 amide bonds. The summed E-state index contributed by atoms with van der Waals surface area (Å²) in [5, 5.41) is 8.62. The van der Waals surface area contributed by atoms with Gasteiger partial charge in [0.1, 0.15) is 6.61 Å². The number of carbonyl (C=O) groups is 1. The maximum atomic E-state index is 10.9. The molecule has 0 aromatic carbocycles. The lowest BCUT2D eigenvalue weighted by molar-refractivity contribution is -0.121. The molecule has 0 saturated heterocycles. The molecule has 0 aliphatic rings. The number of unbranched alkanes of at least 4 members (excludes halogenated alkanes) is 16. The van der Waals surface area contributed by atoms with Crippen molar-refractivity contribution in [2.45, 2.75) is 122 Å². The first-order valence-corrected chi connectivity index (χ1v) is 10.4. The predicted molar refractivity (Wildman–Crippen MR) is 101 cm³/mol. The second-order valence-electron chi connectivity index (χ2n) is 7.10. The molecule has 0 unspecified atom stereocenters. The molecule has 0 atom stereocenters. The molecule has 2 heteroatoms. The molecule has 0 radical (unpaired) electrons. The maximum absolute atomic E-state index is 10.9. The van der Waals surface area contributed by atoms with Gasteiger partial charge in [0.2, 0.25) is 0 Å². The summed E-state index contributed by atoms with van der Waals surface area (Å²) in [5.41, 5.74) is 0. The van der Waals surface area contributed by atoms with E-state index in [1.54, 1.807) is 0 Å². The fourth-order valence-corrected chi connectivity index (χ4v) is 3.13. The van der Waals surface area contributed by atoms with E-state index in [4.69, 9.17) is 5.11 Å². The fraction of sp³-hybridized carbons (Fsp3) is 0.952. The van der Waals surface area contributed by atoms with Gasteiger partial charge in [0.05, 0.1) is 0 Å². The number of hydrogen-bond acceptors (Lipinski definition) is 2. The van der Waals surface area contributed by atoms with Gasteiger partial charge in [-0.1, -0.05) is 110 Å². The van der Waals surface area contributed by atoms with Crippen LogP contribution in [-0.2, 0) is 4.79 Å². The van der Waals surface area contributed by atoms with Crippen LogP contribution in [0.4, 0.5) is 0 Å². The van der Waals surface area contributed by atoms with E-state index >= 15 is 0 Å². The highest BCUT2D eigenvalue weighted by Crippen LogP contribution is 2.14. The fourth-order valence-electron chi connectivity index (χ4n) is 3.13. The van der Waals surface area contributed by atoms with Gasteiger partial charge >= 0.3 is 0 Å². The molecular formula is C21H42O2. The molecule has 0 aromatic heterocycles. The van der Waals surface area contributed by atoms with Crippen molar-refractivity contribution in [1.29, 1.82) is 0 Å². The van der Waals surface area contributed by atoms with Crippen molar-refractivity contribution in [3.63, 3.8) is 0 Å². The van der Waals surface area contributed by atoms with Gasteiger partial charge in [0.15, 0.2) is 5.78 Å². The van der Waals surface area contributed by atoms with E-state index in [2.05, 4.69) is 6.92 Å². The largest absolute Gasteiger partial charge is 0.389 e. The molecule has 0 saturated carbocycles. The standard InChI is InChI=1S/C21H42O2/c1-2-3-4-5-6-7-8-9-10-11-12-13-14-15-16-17-18-19-21(23)20-22/h22H,2-20H2,1H3. The lowest BCUT2D eigenvalue weighted by atomic mass is 10.0. The van der Waals surface area contributed by atoms with E-state index in [1.165, 1.54) is 96.3 Å². The van der Waals surface area contributed by atoms with Crippen LogP contribution in [0, 0.1) is 0 Å². The Morgan fingerprint density at radius 3 is 1.17 bits per heavy atom. The van der Waals surface area contributed by atoms with Crippen LogP contribution in [0.3, 0.4) is 0 Å². The van der Waals surface area contributed by atoms with Gasteiger partial charge < -0.3 is 5.11 Å². The van der Waals surface area contributed by atoms with Crippen LogP contribution in [0.25, 0.3) is 0 Å². The van der Waals surface area contributed by atoms with Crippen molar-refractivity contribution in [3.8, 4) is 0 Å².